The van der Waals surface area contributed by atoms with E-state index in [0.29, 0.717) is 31.2 Å². The van der Waals surface area contributed by atoms with Gasteiger partial charge in [-0.05, 0) is 43.0 Å². The van der Waals surface area contributed by atoms with Gasteiger partial charge in [0.1, 0.15) is 12.4 Å². The van der Waals surface area contributed by atoms with Crippen molar-refractivity contribution < 1.29 is 14.3 Å². The van der Waals surface area contributed by atoms with Crippen molar-refractivity contribution in [2.24, 2.45) is 11.7 Å². The lowest BCUT2D eigenvalue weighted by Crippen LogP contribution is -2.51. The van der Waals surface area contributed by atoms with Gasteiger partial charge in [-0.3, -0.25) is 4.79 Å². The molecule has 0 radical (unpaired) electrons. The third-order valence-electron chi connectivity index (χ3n) is 4.28. The zero-order chi connectivity index (χ0) is 15.9. The van der Waals surface area contributed by atoms with Gasteiger partial charge in [0.25, 0.3) is 5.91 Å². The number of methoxy groups -OCH3 is 1. The number of ether oxygens (including phenoxy) is 2. The van der Waals surface area contributed by atoms with E-state index in [4.69, 9.17) is 15.2 Å². The number of carbonyl (C=O) groups is 1. The van der Waals surface area contributed by atoms with E-state index in [1.807, 2.05) is 29.2 Å². The Bertz CT molecular complexity index is 475. The molecule has 22 heavy (non-hydrogen) atoms. The van der Waals surface area contributed by atoms with Gasteiger partial charge in [0.15, 0.2) is 0 Å². The first-order valence-electron chi connectivity index (χ1n) is 7.90. The Balaban J connectivity index is 2.02. The van der Waals surface area contributed by atoms with Crippen molar-refractivity contribution in [2.45, 2.75) is 25.8 Å². The molecule has 1 heterocycles. The van der Waals surface area contributed by atoms with E-state index in [1.165, 1.54) is 0 Å². The molecule has 1 aromatic rings. The summed E-state index contributed by atoms with van der Waals surface area (Å²) in [7, 11) is 1.64. The summed E-state index contributed by atoms with van der Waals surface area (Å²) in [4.78, 5) is 14.6. The minimum Gasteiger partial charge on any atom is -0.491 e. The number of nitrogens with zero attached hydrogens (tertiary/aromatic N) is 1. The average molecular weight is 306 g/mol. The van der Waals surface area contributed by atoms with E-state index in [2.05, 4.69) is 6.92 Å². The number of benzene rings is 1. The van der Waals surface area contributed by atoms with Crippen LogP contribution >= 0.6 is 0 Å². The maximum Gasteiger partial charge on any atom is 0.254 e. The van der Waals surface area contributed by atoms with E-state index in [0.717, 1.165) is 25.1 Å². The fourth-order valence-electron chi connectivity index (χ4n) is 2.96. The van der Waals surface area contributed by atoms with Gasteiger partial charge in [-0.2, -0.15) is 0 Å². The van der Waals surface area contributed by atoms with E-state index in [1.54, 1.807) is 7.11 Å². The van der Waals surface area contributed by atoms with Crippen molar-refractivity contribution in [1.29, 1.82) is 0 Å². The Labute approximate surface area is 132 Å². The molecule has 0 unspecified atom stereocenters. The Morgan fingerprint density at radius 2 is 2.05 bits per heavy atom. The van der Waals surface area contributed by atoms with Crippen LogP contribution in [0, 0.1) is 5.92 Å². The summed E-state index contributed by atoms with van der Waals surface area (Å²) in [6.45, 7) is 4.53. The second kappa shape index (κ2) is 8.15. The van der Waals surface area contributed by atoms with E-state index in [9.17, 15) is 4.79 Å². The smallest absolute Gasteiger partial charge is 0.254 e. The molecule has 1 aliphatic heterocycles. The minimum atomic E-state index is 0.0606. The Hall–Kier alpha value is -1.59. The van der Waals surface area contributed by atoms with E-state index < -0.39 is 0 Å². The Morgan fingerprint density at radius 3 is 2.68 bits per heavy atom. The minimum absolute atomic E-state index is 0.0606. The molecule has 0 aliphatic carbocycles. The molecule has 1 fully saturated rings. The first kappa shape index (κ1) is 16.8. The van der Waals surface area contributed by atoms with Gasteiger partial charge in [0, 0.05) is 31.8 Å². The van der Waals surface area contributed by atoms with Crippen LogP contribution < -0.4 is 10.5 Å². The SMILES string of the molecule is COCCOc1ccc(C(=O)N2CCC[C@H](C)[C@@H]2CN)cc1. The van der Waals surface area contributed by atoms with Gasteiger partial charge in [-0.25, -0.2) is 0 Å². The highest BCUT2D eigenvalue weighted by atomic mass is 16.5. The van der Waals surface area contributed by atoms with Gasteiger partial charge in [0.05, 0.1) is 6.61 Å². The zero-order valence-electron chi connectivity index (χ0n) is 13.5. The quantitative estimate of drug-likeness (QED) is 0.815. The van der Waals surface area contributed by atoms with Crippen molar-refractivity contribution in [1.82, 2.24) is 4.90 Å². The third-order valence-corrected chi connectivity index (χ3v) is 4.28. The summed E-state index contributed by atoms with van der Waals surface area (Å²) in [6, 6.07) is 7.43. The summed E-state index contributed by atoms with van der Waals surface area (Å²) in [6.07, 6.45) is 2.18. The van der Waals surface area contributed by atoms with Gasteiger partial charge < -0.3 is 20.1 Å². The van der Waals surface area contributed by atoms with Gasteiger partial charge >= 0.3 is 0 Å². The molecule has 2 atom stereocenters. The normalized spacial score (nSPS) is 21.7. The standard InChI is InChI=1S/C17H26N2O3/c1-13-4-3-9-19(16(13)12-18)17(20)14-5-7-15(8-6-14)22-11-10-21-2/h5-8,13,16H,3-4,9-12,18H2,1-2H3/t13-,16-/m0/s1. The number of nitrogens with two attached hydrogens (primary N) is 1. The van der Waals surface area contributed by atoms with Crippen LogP contribution in [-0.4, -0.2) is 50.3 Å². The first-order valence-corrected chi connectivity index (χ1v) is 7.90. The van der Waals surface area contributed by atoms with Gasteiger partial charge in [-0.1, -0.05) is 6.92 Å². The molecule has 0 bridgehead atoms. The van der Waals surface area contributed by atoms with Crippen LogP contribution in [0.3, 0.4) is 0 Å². The second-order valence-electron chi connectivity index (χ2n) is 5.79. The summed E-state index contributed by atoms with van der Waals surface area (Å²) < 4.78 is 10.5. The van der Waals surface area contributed by atoms with Crippen LogP contribution in [0.15, 0.2) is 24.3 Å². The number of hydrogen-bond donors (Lipinski definition) is 1. The predicted octanol–water partition coefficient (Wildman–Crippen LogP) is 1.91. The van der Waals surface area contributed by atoms with Crippen LogP contribution in [0.1, 0.15) is 30.1 Å². The third kappa shape index (κ3) is 3.99. The number of carbonyl (C=O) groups excluding carboxylic acids is 1. The fraction of sp³-hybridized carbons (Fsp3) is 0.588. The molecule has 2 N–H and O–H groups in total. The lowest BCUT2D eigenvalue weighted by molar-refractivity contribution is 0.0532. The lowest BCUT2D eigenvalue weighted by Gasteiger charge is -2.39. The largest absolute Gasteiger partial charge is 0.491 e. The average Bonchev–Trinajstić information content (AvgIpc) is 2.55. The molecule has 122 valence electrons. The summed E-state index contributed by atoms with van der Waals surface area (Å²) in [5, 5.41) is 0. The summed E-state index contributed by atoms with van der Waals surface area (Å²) in [5.74, 6) is 1.26. The molecule has 1 amide bonds. The highest BCUT2D eigenvalue weighted by Crippen LogP contribution is 2.25. The molecule has 5 heteroatoms. The molecular formula is C17H26N2O3. The molecule has 0 spiro atoms. The van der Waals surface area contributed by atoms with Crippen LogP contribution in [0.2, 0.25) is 0 Å². The lowest BCUT2D eigenvalue weighted by atomic mass is 9.90. The number of amides is 1. The molecule has 0 saturated carbocycles. The molecule has 2 rings (SSSR count). The summed E-state index contributed by atoms with van der Waals surface area (Å²) in [5.41, 5.74) is 6.55. The Kier molecular flexibility index (Phi) is 6.21. The second-order valence-corrected chi connectivity index (χ2v) is 5.79. The number of rotatable bonds is 6. The number of hydrogen-bond acceptors (Lipinski definition) is 4. The predicted molar refractivity (Wildman–Crippen MR) is 86.1 cm³/mol. The zero-order valence-corrected chi connectivity index (χ0v) is 13.5. The van der Waals surface area contributed by atoms with Crippen LogP contribution in [0.5, 0.6) is 5.75 Å². The molecule has 1 aliphatic rings. The fourth-order valence-corrected chi connectivity index (χ4v) is 2.96. The highest BCUT2D eigenvalue weighted by Gasteiger charge is 2.31. The van der Waals surface area contributed by atoms with Crippen molar-refractivity contribution in [3.05, 3.63) is 29.8 Å². The molecule has 1 aromatic carbocycles. The topological polar surface area (TPSA) is 64.8 Å². The monoisotopic (exact) mass is 306 g/mol. The Morgan fingerprint density at radius 1 is 1.32 bits per heavy atom. The van der Waals surface area contributed by atoms with Crippen molar-refractivity contribution in [3.8, 4) is 5.75 Å². The highest BCUT2D eigenvalue weighted by molar-refractivity contribution is 5.94. The van der Waals surface area contributed by atoms with Gasteiger partial charge in [0.2, 0.25) is 0 Å². The van der Waals surface area contributed by atoms with Crippen molar-refractivity contribution in [3.63, 3.8) is 0 Å². The van der Waals surface area contributed by atoms with Crippen molar-refractivity contribution in [2.75, 3.05) is 33.4 Å². The number of likely N-dealkylation sites (tertiary alicyclic amines) is 1. The van der Waals surface area contributed by atoms with Crippen LogP contribution in [0.25, 0.3) is 0 Å². The molecule has 0 aromatic heterocycles. The van der Waals surface area contributed by atoms with Crippen LogP contribution in [0.4, 0.5) is 0 Å². The molecule has 1 saturated heterocycles. The number of piperidine rings is 1. The van der Waals surface area contributed by atoms with E-state index >= 15 is 0 Å². The first-order chi connectivity index (χ1) is 10.7. The van der Waals surface area contributed by atoms with Crippen LogP contribution in [-0.2, 0) is 4.74 Å². The van der Waals surface area contributed by atoms with E-state index in [-0.39, 0.29) is 11.9 Å². The summed E-state index contributed by atoms with van der Waals surface area (Å²) >= 11 is 0. The van der Waals surface area contributed by atoms with Crippen molar-refractivity contribution >= 4 is 5.91 Å². The maximum atomic E-state index is 12.7. The molecule has 5 nitrogen and oxygen atoms in total. The van der Waals surface area contributed by atoms with Gasteiger partial charge in [-0.15, -0.1) is 0 Å². The molecular weight excluding hydrogens is 280 g/mol. The maximum absolute atomic E-state index is 12.7.